The van der Waals surface area contributed by atoms with Crippen LogP contribution in [0.1, 0.15) is 53.4 Å². The van der Waals surface area contributed by atoms with Crippen molar-refractivity contribution in [1.82, 2.24) is 0 Å². The molecule has 0 fully saturated rings. The van der Waals surface area contributed by atoms with E-state index in [1.54, 1.807) is 0 Å². The van der Waals surface area contributed by atoms with E-state index in [1.807, 2.05) is 18.2 Å². The summed E-state index contributed by atoms with van der Waals surface area (Å²) in [4.78, 5) is 17.9. The third-order valence-electron chi connectivity index (χ3n) is 7.73. The number of ether oxygens (including phenoxy) is 1. The first kappa shape index (κ1) is 21.6. The van der Waals surface area contributed by atoms with Gasteiger partial charge in [0, 0.05) is 49.2 Å². The molecular weight excluding hydrogens is 408 g/mol. The Labute approximate surface area is 196 Å². The highest BCUT2D eigenvalue weighted by Gasteiger charge is 2.62. The highest BCUT2D eigenvalue weighted by atomic mass is 16.6. The lowest BCUT2D eigenvalue weighted by molar-refractivity contribution is -0.0234. The molecule has 0 amide bonds. The number of hydrogen-bond donors (Lipinski definition) is 0. The number of carbonyl (C=O) groups is 1. The van der Waals surface area contributed by atoms with Gasteiger partial charge in [-0.25, -0.2) is 4.79 Å². The molecule has 5 rings (SSSR count). The average Bonchev–Trinajstić information content (AvgIpc) is 3.28. The molecule has 4 heteroatoms. The normalized spacial score (nSPS) is 23.3. The van der Waals surface area contributed by atoms with Crippen molar-refractivity contribution in [1.29, 1.82) is 0 Å². The zero-order chi connectivity index (χ0) is 23.4. The largest absolute Gasteiger partial charge is 0.445 e. The number of fused-ring (bicyclic) bond motifs is 2. The molecule has 0 aromatic heterocycles. The molecule has 0 bridgehead atoms. The Kier molecular flexibility index (Phi) is 5.00. The Morgan fingerprint density at radius 2 is 1.61 bits per heavy atom. The molecular formula is C29H32N2O2. The molecule has 2 heterocycles. The summed E-state index contributed by atoms with van der Waals surface area (Å²) in [7, 11) is 2.12. The number of cyclic esters (lactones) is 1. The minimum atomic E-state index is -0.909. The van der Waals surface area contributed by atoms with Gasteiger partial charge in [0.1, 0.15) is 0 Å². The summed E-state index contributed by atoms with van der Waals surface area (Å²) in [6.07, 6.45) is 0. The van der Waals surface area contributed by atoms with Crippen molar-refractivity contribution in [3.05, 3.63) is 94.5 Å². The monoisotopic (exact) mass is 440 g/mol. The highest BCUT2D eigenvalue weighted by Crippen LogP contribution is 2.59. The molecule has 2 atom stereocenters. The van der Waals surface area contributed by atoms with Gasteiger partial charge in [-0.1, -0.05) is 42.5 Å². The van der Waals surface area contributed by atoms with E-state index in [2.05, 4.69) is 93.1 Å². The summed E-state index contributed by atoms with van der Waals surface area (Å²) in [6, 6.07) is 23.0. The van der Waals surface area contributed by atoms with Gasteiger partial charge >= 0.3 is 5.97 Å². The van der Waals surface area contributed by atoms with Crippen molar-refractivity contribution >= 4 is 17.3 Å². The number of esters is 1. The summed E-state index contributed by atoms with van der Waals surface area (Å²) in [5.74, 6) is -0.244. The zero-order valence-electron chi connectivity index (χ0n) is 20.2. The molecule has 0 spiro atoms. The van der Waals surface area contributed by atoms with Gasteiger partial charge in [0.05, 0.1) is 11.0 Å². The standard InChI is InChI=1S/C29H32N2O2/c1-6-31(7-2)21-16-17-23(20(3)18-21)29(24-13-9-8-12-22(24)27(32)33-29)28(4)19-30(5)26-15-11-10-14-25(26)28/h8-18H,6-7,19H2,1-5H3. The maximum Gasteiger partial charge on any atom is 0.339 e. The lowest BCUT2D eigenvalue weighted by atomic mass is 9.62. The predicted octanol–water partition coefficient (Wildman–Crippen LogP) is 5.66. The Hall–Kier alpha value is -3.27. The van der Waals surface area contributed by atoms with E-state index in [-0.39, 0.29) is 5.97 Å². The van der Waals surface area contributed by atoms with Gasteiger partial charge in [0.2, 0.25) is 0 Å². The molecule has 0 N–H and O–H groups in total. The third kappa shape index (κ3) is 2.86. The van der Waals surface area contributed by atoms with E-state index >= 15 is 0 Å². The Bertz CT molecular complexity index is 1230. The van der Waals surface area contributed by atoms with Crippen LogP contribution in [0.25, 0.3) is 0 Å². The van der Waals surface area contributed by atoms with Gasteiger partial charge < -0.3 is 14.5 Å². The molecule has 4 nitrogen and oxygen atoms in total. The molecule has 2 aliphatic rings. The second-order valence-electron chi connectivity index (χ2n) is 9.49. The van der Waals surface area contributed by atoms with Crippen molar-refractivity contribution in [2.24, 2.45) is 0 Å². The number of carbonyl (C=O) groups excluding carboxylic acids is 1. The second kappa shape index (κ2) is 7.65. The molecule has 2 aliphatic heterocycles. The van der Waals surface area contributed by atoms with E-state index < -0.39 is 11.0 Å². The van der Waals surface area contributed by atoms with Gasteiger partial charge in [0.15, 0.2) is 5.60 Å². The van der Waals surface area contributed by atoms with Crippen molar-refractivity contribution in [2.45, 2.75) is 38.7 Å². The van der Waals surface area contributed by atoms with Crippen LogP contribution in [0.2, 0.25) is 0 Å². The Balaban J connectivity index is 1.80. The quantitative estimate of drug-likeness (QED) is 0.479. The van der Waals surface area contributed by atoms with Gasteiger partial charge in [0.25, 0.3) is 0 Å². The Morgan fingerprint density at radius 1 is 0.939 bits per heavy atom. The summed E-state index contributed by atoms with van der Waals surface area (Å²) < 4.78 is 6.55. The van der Waals surface area contributed by atoms with Gasteiger partial charge in [-0.15, -0.1) is 0 Å². The van der Waals surface area contributed by atoms with E-state index in [4.69, 9.17) is 4.74 Å². The van der Waals surface area contributed by atoms with E-state index in [0.717, 1.165) is 36.3 Å². The first-order chi connectivity index (χ1) is 15.9. The topological polar surface area (TPSA) is 32.8 Å². The lowest BCUT2D eigenvalue weighted by Gasteiger charge is -2.45. The maximum absolute atomic E-state index is 13.3. The molecule has 170 valence electrons. The van der Waals surface area contributed by atoms with E-state index in [9.17, 15) is 4.79 Å². The van der Waals surface area contributed by atoms with Gasteiger partial charge in [-0.05, 0) is 63.1 Å². The van der Waals surface area contributed by atoms with E-state index in [1.165, 1.54) is 16.9 Å². The molecule has 0 radical (unpaired) electrons. The molecule has 0 saturated heterocycles. The highest BCUT2D eigenvalue weighted by molar-refractivity contribution is 5.96. The van der Waals surface area contributed by atoms with Crippen molar-refractivity contribution in [2.75, 3.05) is 36.5 Å². The summed E-state index contributed by atoms with van der Waals surface area (Å²) >= 11 is 0. The predicted molar refractivity (Wildman–Crippen MR) is 134 cm³/mol. The Morgan fingerprint density at radius 3 is 2.30 bits per heavy atom. The number of nitrogens with zero attached hydrogens (tertiary/aromatic N) is 2. The number of rotatable bonds is 5. The summed E-state index contributed by atoms with van der Waals surface area (Å²) in [6.45, 7) is 11.4. The molecule has 0 aliphatic carbocycles. The van der Waals surface area contributed by atoms with Crippen molar-refractivity contribution in [3.8, 4) is 0 Å². The van der Waals surface area contributed by atoms with Crippen LogP contribution in [0.15, 0.2) is 66.7 Å². The van der Waals surface area contributed by atoms with Crippen LogP contribution in [0.4, 0.5) is 11.4 Å². The smallest absolute Gasteiger partial charge is 0.339 e. The molecule has 0 saturated carbocycles. The molecule has 33 heavy (non-hydrogen) atoms. The van der Waals surface area contributed by atoms with Crippen LogP contribution < -0.4 is 9.80 Å². The van der Waals surface area contributed by atoms with Crippen molar-refractivity contribution in [3.63, 3.8) is 0 Å². The summed E-state index contributed by atoms with van der Waals surface area (Å²) in [5.41, 5.74) is 6.06. The van der Waals surface area contributed by atoms with Gasteiger partial charge in [-0.3, -0.25) is 0 Å². The van der Waals surface area contributed by atoms with Crippen molar-refractivity contribution < 1.29 is 9.53 Å². The van der Waals surface area contributed by atoms with Gasteiger partial charge in [-0.2, -0.15) is 0 Å². The van der Waals surface area contributed by atoms with Crippen LogP contribution >= 0.6 is 0 Å². The minimum absolute atomic E-state index is 0.244. The fourth-order valence-corrected chi connectivity index (χ4v) is 6.17. The number of likely N-dealkylation sites (N-methyl/N-ethyl adjacent to an activating group) is 1. The fourth-order valence-electron chi connectivity index (χ4n) is 6.17. The number of benzene rings is 3. The van der Waals surface area contributed by atoms with E-state index in [0.29, 0.717) is 5.56 Å². The zero-order valence-corrected chi connectivity index (χ0v) is 20.2. The second-order valence-corrected chi connectivity index (χ2v) is 9.49. The number of para-hydroxylation sites is 1. The minimum Gasteiger partial charge on any atom is -0.445 e. The van der Waals surface area contributed by atoms with Crippen LogP contribution in [-0.2, 0) is 15.8 Å². The van der Waals surface area contributed by atoms with Crippen LogP contribution in [0, 0.1) is 6.92 Å². The lowest BCUT2D eigenvalue weighted by Crippen LogP contribution is -2.51. The molecule has 2 unspecified atom stereocenters. The number of hydrogen-bond acceptors (Lipinski definition) is 4. The number of anilines is 2. The molecule has 3 aromatic carbocycles. The third-order valence-corrected chi connectivity index (χ3v) is 7.73. The maximum atomic E-state index is 13.3. The summed E-state index contributed by atoms with van der Waals surface area (Å²) in [5, 5.41) is 0. The molecule has 3 aromatic rings. The van der Waals surface area contributed by atoms with Crippen LogP contribution in [0.5, 0.6) is 0 Å². The average molecular weight is 441 g/mol. The first-order valence-corrected chi connectivity index (χ1v) is 11.9. The first-order valence-electron chi connectivity index (χ1n) is 11.9. The number of aryl methyl sites for hydroxylation is 1. The fraction of sp³-hybridized carbons (Fsp3) is 0.345. The van der Waals surface area contributed by atoms with Crippen LogP contribution in [0.3, 0.4) is 0 Å². The SMILES string of the molecule is CCN(CC)c1ccc(C2(C3(C)CN(C)c4ccccc43)OC(=O)c3ccccc32)c(C)c1. The van der Waals surface area contributed by atoms with Crippen LogP contribution in [-0.4, -0.2) is 32.7 Å².